The van der Waals surface area contributed by atoms with Crippen LogP contribution in [0.15, 0.2) is 0 Å². The zero-order valence-corrected chi connectivity index (χ0v) is 12.4. The number of likely N-dealkylation sites (tertiary alicyclic amines) is 1. The van der Waals surface area contributed by atoms with E-state index in [2.05, 4.69) is 0 Å². The van der Waals surface area contributed by atoms with Crippen molar-refractivity contribution in [2.24, 2.45) is 11.3 Å². The first kappa shape index (κ1) is 15.0. The number of amides is 1. The summed E-state index contributed by atoms with van der Waals surface area (Å²) in [6, 6.07) is 0. The van der Waals surface area contributed by atoms with Crippen LogP contribution < -0.4 is 0 Å². The molecule has 4 heteroatoms. The van der Waals surface area contributed by atoms with Crippen LogP contribution in [0.5, 0.6) is 0 Å². The van der Waals surface area contributed by atoms with E-state index in [1.807, 2.05) is 41.5 Å². The van der Waals surface area contributed by atoms with E-state index in [4.69, 9.17) is 4.74 Å². The normalized spacial score (nSPS) is 21.0. The first-order chi connectivity index (χ1) is 8.00. The molecule has 1 saturated heterocycles. The van der Waals surface area contributed by atoms with Crippen molar-refractivity contribution in [3.05, 3.63) is 0 Å². The lowest BCUT2D eigenvalue weighted by atomic mass is 9.83. The number of carbonyl (C=O) groups is 2. The lowest BCUT2D eigenvalue weighted by Gasteiger charge is -2.25. The predicted octanol–water partition coefficient (Wildman–Crippen LogP) is 2.86. The molecule has 0 N–H and O–H groups in total. The molecule has 1 heterocycles. The lowest BCUT2D eigenvalue weighted by Crippen LogP contribution is -2.37. The molecular formula is C14H25NO3. The number of rotatable bonds is 1. The summed E-state index contributed by atoms with van der Waals surface area (Å²) in [5.41, 5.74) is -0.822. The second-order valence-corrected chi connectivity index (χ2v) is 7.03. The number of ketones is 1. The SMILES string of the molecule is CC(C)(C)OC(=O)N1CC[C@H](C(=O)C(C)(C)C)C1. The molecule has 0 spiro atoms. The number of nitrogens with zero attached hydrogens (tertiary/aromatic N) is 1. The van der Waals surface area contributed by atoms with Crippen LogP contribution in [0.25, 0.3) is 0 Å². The van der Waals surface area contributed by atoms with Gasteiger partial charge in [0.2, 0.25) is 0 Å². The van der Waals surface area contributed by atoms with Crippen LogP contribution in [0.2, 0.25) is 0 Å². The highest BCUT2D eigenvalue weighted by Gasteiger charge is 2.37. The molecule has 1 atom stereocenters. The summed E-state index contributed by atoms with van der Waals surface area (Å²) < 4.78 is 5.31. The largest absolute Gasteiger partial charge is 0.444 e. The van der Waals surface area contributed by atoms with Crippen molar-refractivity contribution in [2.75, 3.05) is 13.1 Å². The van der Waals surface area contributed by atoms with Crippen LogP contribution in [0.1, 0.15) is 48.0 Å². The first-order valence-corrected chi connectivity index (χ1v) is 6.53. The van der Waals surface area contributed by atoms with Crippen molar-refractivity contribution >= 4 is 11.9 Å². The Kier molecular flexibility index (Phi) is 4.08. The van der Waals surface area contributed by atoms with E-state index in [0.717, 1.165) is 6.42 Å². The van der Waals surface area contributed by atoms with E-state index in [1.54, 1.807) is 4.90 Å². The highest BCUT2D eigenvalue weighted by Crippen LogP contribution is 2.27. The zero-order chi connectivity index (χ0) is 14.1. The number of hydrogen-bond acceptors (Lipinski definition) is 3. The molecule has 4 nitrogen and oxygen atoms in total. The molecule has 0 radical (unpaired) electrons. The third-order valence-electron chi connectivity index (χ3n) is 2.95. The molecule has 0 bridgehead atoms. The molecule has 104 valence electrons. The fourth-order valence-corrected chi connectivity index (χ4v) is 2.08. The Morgan fingerprint density at radius 3 is 2.11 bits per heavy atom. The van der Waals surface area contributed by atoms with Gasteiger partial charge in [-0.1, -0.05) is 20.8 Å². The van der Waals surface area contributed by atoms with Gasteiger partial charge in [0.1, 0.15) is 11.4 Å². The molecule has 0 unspecified atom stereocenters. The molecule has 1 fully saturated rings. The van der Waals surface area contributed by atoms with Crippen LogP contribution in [-0.4, -0.2) is 35.5 Å². The van der Waals surface area contributed by atoms with E-state index in [0.29, 0.717) is 13.1 Å². The summed E-state index contributed by atoms with van der Waals surface area (Å²) in [5.74, 6) is 0.186. The van der Waals surface area contributed by atoms with Crippen molar-refractivity contribution in [2.45, 2.75) is 53.6 Å². The van der Waals surface area contributed by atoms with Gasteiger partial charge in [-0.25, -0.2) is 4.79 Å². The zero-order valence-electron chi connectivity index (χ0n) is 12.4. The van der Waals surface area contributed by atoms with Gasteiger partial charge in [-0.3, -0.25) is 4.79 Å². The van der Waals surface area contributed by atoms with E-state index >= 15 is 0 Å². The Hall–Kier alpha value is -1.06. The van der Waals surface area contributed by atoms with Gasteiger partial charge in [-0.2, -0.15) is 0 Å². The molecule has 0 aromatic rings. The lowest BCUT2D eigenvalue weighted by molar-refractivity contribution is -0.129. The summed E-state index contributed by atoms with van der Waals surface area (Å²) >= 11 is 0. The minimum absolute atomic E-state index is 0.0440. The summed E-state index contributed by atoms with van der Waals surface area (Å²) in [4.78, 5) is 25.7. The number of hydrogen-bond donors (Lipinski definition) is 0. The molecule has 0 aromatic carbocycles. The Balaban J connectivity index is 2.57. The molecule has 0 saturated carbocycles. The third kappa shape index (κ3) is 4.00. The van der Waals surface area contributed by atoms with Crippen molar-refractivity contribution in [3.63, 3.8) is 0 Å². The van der Waals surface area contributed by atoms with Crippen molar-refractivity contribution in [1.82, 2.24) is 4.90 Å². The van der Waals surface area contributed by atoms with Crippen LogP contribution in [0.3, 0.4) is 0 Å². The van der Waals surface area contributed by atoms with Gasteiger partial charge in [0, 0.05) is 24.4 Å². The standard InChI is InChI=1S/C14H25NO3/c1-13(2,3)11(16)10-7-8-15(9-10)12(17)18-14(4,5)6/h10H,7-9H2,1-6H3/t10-/m0/s1. The second-order valence-electron chi connectivity index (χ2n) is 7.03. The minimum atomic E-state index is -0.483. The Morgan fingerprint density at radius 1 is 1.11 bits per heavy atom. The van der Waals surface area contributed by atoms with Crippen LogP contribution in [-0.2, 0) is 9.53 Å². The van der Waals surface area contributed by atoms with Crippen molar-refractivity contribution in [3.8, 4) is 0 Å². The molecule has 1 aliphatic heterocycles. The molecule has 18 heavy (non-hydrogen) atoms. The predicted molar refractivity (Wildman–Crippen MR) is 70.4 cm³/mol. The van der Waals surface area contributed by atoms with Crippen LogP contribution >= 0.6 is 0 Å². The monoisotopic (exact) mass is 255 g/mol. The molecule has 1 amide bonds. The number of carbonyl (C=O) groups excluding carboxylic acids is 2. The molecule has 1 aliphatic rings. The maximum absolute atomic E-state index is 12.1. The van der Waals surface area contributed by atoms with Crippen molar-refractivity contribution < 1.29 is 14.3 Å². The van der Waals surface area contributed by atoms with Crippen LogP contribution in [0, 0.1) is 11.3 Å². The molecular weight excluding hydrogens is 230 g/mol. The fraction of sp³-hybridized carbons (Fsp3) is 0.857. The smallest absolute Gasteiger partial charge is 0.410 e. The van der Waals surface area contributed by atoms with Gasteiger partial charge in [-0.15, -0.1) is 0 Å². The summed E-state index contributed by atoms with van der Waals surface area (Å²) in [7, 11) is 0. The summed E-state index contributed by atoms with van der Waals surface area (Å²) in [5, 5.41) is 0. The van der Waals surface area contributed by atoms with Gasteiger partial charge < -0.3 is 9.64 Å². The van der Waals surface area contributed by atoms with Gasteiger partial charge >= 0.3 is 6.09 Å². The van der Waals surface area contributed by atoms with Gasteiger partial charge in [0.05, 0.1) is 0 Å². The Morgan fingerprint density at radius 2 is 1.67 bits per heavy atom. The number of ether oxygens (including phenoxy) is 1. The average molecular weight is 255 g/mol. The number of Topliss-reactive ketones (excluding diaryl/α,β-unsaturated/α-hetero) is 1. The molecule has 1 rings (SSSR count). The fourth-order valence-electron chi connectivity index (χ4n) is 2.08. The molecule has 0 aliphatic carbocycles. The van der Waals surface area contributed by atoms with E-state index in [9.17, 15) is 9.59 Å². The first-order valence-electron chi connectivity index (χ1n) is 6.53. The molecule has 0 aromatic heterocycles. The Labute approximate surface area is 110 Å². The van der Waals surface area contributed by atoms with Gasteiger partial charge in [0.25, 0.3) is 0 Å². The van der Waals surface area contributed by atoms with E-state index < -0.39 is 5.60 Å². The maximum atomic E-state index is 12.1. The Bertz CT molecular complexity index is 336. The quantitative estimate of drug-likeness (QED) is 0.723. The highest BCUT2D eigenvalue weighted by molar-refractivity contribution is 5.87. The second kappa shape index (κ2) is 4.90. The minimum Gasteiger partial charge on any atom is -0.444 e. The van der Waals surface area contributed by atoms with Crippen molar-refractivity contribution in [1.29, 1.82) is 0 Å². The summed E-state index contributed by atoms with van der Waals surface area (Å²) in [6.45, 7) is 12.4. The average Bonchev–Trinajstić information content (AvgIpc) is 2.60. The van der Waals surface area contributed by atoms with E-state index in [1.165, 1.54) is 0 Å². The highest BCUT2D eigenvalue weighted by atomic mass is 16.6. The summed E-state index contributed by atoms with van der Waals surface area (Å²) in [6.07, 6.45) is 0.432. The van der Waals surface area contributed by atoms with Gasteiger partial charge in [0.15, 0.2) is 0 Å². The topological polar surface area (TPSA) is 46.6 Å². The van der Waals surface area contributed by atoms with E-state index in [-0.39, 0.29) is 23.2 Å². The maximum Gasteiger partial charge on any atom is 0.410 e. The van der Waals surface area contributed by atoms with Crippen LogP contribution in [0.4, 0.5) is 4.79 Å². The third-order valence-corrected chi connectivity index (χ3v) is 2.95. The van der Waals surface area contributed by atoms with Gasteiger partial charge in [-0.05, 0) is 27.2 Å².